The van der Waals surface area contributed by atoms with Crippen LogP contribution in [0.4, 0.5) is 5.95 Å². The predicted octanol–water partition coefficient (Wildman–Crippen LogP) is 2.74. The smallest absolute Gasteiger partial charge is 0.344 e. The topological polar surface area (TPSA) is 89.5 Å². The number of aromatic nitrogens is 3. The molecule has 24 heavy (non-hydrogen) atoms. The van der Waals surface area contributed by atoms with Crippen LogP contribution in [-0.4, -0.2) is 20.5 Å². The zero-order valence-electron chi connectivity index (χ0n) is 12.1. The van der Waals surface area contributed by atoms with Gasteiger partial charge in [-0.1, -0.05) is 29.8 Å². The lowest BCUT2D eigenvalue weighted by atomic mass is 10.1. The molecule has 4 aromatic rings. The number of fused-ring (bicyclic) bond motifs is 2. The maximum atomic E-state index is 12.3. The number of carbonyl (C=O) groups is 1. The number of amides is 1. The third-order valence-electron chi connectivity index (χ3n) is 3.41. The van der Waals surface area contributed by atoms with Gasteiger partial charge in [-0.25, -0.2) is 9.31 Å². The zero-order valence-corrected chi connectivity index (χ0v) is 12.8. The first-order valence-electron chi connectivity index (χ1n) is 6.96. The van der Waals surface area contributed by atoms with E-state index in [4.69, 9.17) is 16.0 Å². The highest BCUT2D eigenvalue weighted by atomic mass is 35.5. The Hall–Kier alpha value is -3.19. The van der Waals surface area contributed by atoms with Crippen LogP contribution in [0.15, 0.2) is 57.9 Å². The number of pyridine rings is 1. The monoisotopic (exact) mass is 340 g/mol. The van der Waals surface area contributed by atoms with Crippen LogP contribution in [-0.2, 0) is 0 Å². The van der Waals surface area contributed by atoms with Crippen LogP contribution in [0.2, 0.25) is 5.02 Å². The van der Waals surface area contributed by atoms with Crippen molar-refractivity contribution in [3.05, 3.63) is 69.9 Å². The van der Waals surface area contributed by atoms with Crippen molar-refractivity contribution in [3.8, 4) is 0 Å². The summed E-state index contributed by atoms with van der Waals surface area (Å²) >= 11 is 5.88. The molecule has 0 bridgehead atoms. The fourth-order valence-electron chi connectivity index (χ4n) is 2.32. The van der Waals surface area contributed by atoms with Gasteiger partial charge in [0, 0.05) is 6.20 Å². The number of nitrogens with one attached hydrogen (secondary N) is 1. The molecule has 1 N–H and O–H groups in total. The van der Waals surface area contributed by atoms with Crippen molar-refractivity contribution in [1.29, 1.82) is 0 Å². The van der Waals surface area contributed by atoms with E-state index < -0.39 is 11.5 Å². The molecule has 0 radical (unpaired) electrons. The fourth-order valence-corrected chi connectivity index (χ4v) is 2.48. The number of nitrogens with zero attached hydrogens (tertiary/aromatic N) is 3. The Morgan fingerprint density at radius 2 is 2.04 bits per heavy atom. The molecule has 0 saturated heterocycles. The van der Waals surface area contributed by atoms with Crippen molar-refractivity contribution in [2.45, 2.75) is 0 Å². The summed E-state index contributed by atoms with van der Waals surface area (Å²) in [5.74, 6) is -0.645. The summed E-state index contributed by atoms with van der Waals surface area (Å²) in [6, 6.07) is 11.7. The van der Waals surface area contributed by atoms with E-state index in [-0.39, 0.29) is 11.7 Å². The molecule has 8 heteroatoms. The number of benzene rings is 1. The van der Waals surface area contributed by atoms with Crippen molar-refractivity contribution in [2.75, 3.05) is 5.32 Å². The number of hydrogen-bond donors (Lipinski definition) is 1. The standard InChI is InChI=1S/C16H9ClN4O3/c17-10-5-6-13-18-16(20-21(13)8-10)19-14(22)12-7-9-3-1-2-4-11(9)15(23)24-12/h1-8H,(H,19,20,22). The molecule has 0 aliphatic rings. The molecule has 0 fully saturated rings. The Morgan fingerprint density at radius 1 is 1.21 bits per heavy atom. The average Bonchev–Trinajstić information content (AvgIpc) is 2.96. The summed E-state index contributed by atoms with van der Waals surface area (Å²) in [5, 5.41) is 8.12. The van der Waals surface area contributed by atoms with Gasteiger partial charge in [0.25, 0.3) is 5.91 Å². The van der Waals surface area contributed by atoms with Crippen LogP contribution in [0.25, 0.3) is 16.4 Å². The quantitative estimate of drug-likeness (QED) is 0.606. The third kappa shape index (κ3) is 2.50. The number of carbonyl (C=O) groups excluding carboxylic acids is 1. The van der Waals surface area contributed by atoms with Gasteiger partial charge in [0.1, 0.15) is 0 Å². The van der Waals surface area contributed by atoms with Crippen molar-refractivity contribution in [1.82, 2.24) is 14.6 Å². The van der Waals surface area contributed by atoms with Crippen molar-refractivity contribution in [3.63, 3.8) is 0 Å². The second-order valence-corrected chi connectivity index (χ2v) is 5.46. The molecule has 0 aliphatic carbocycles. The van der Waals surface area contributed by atoms with Gasteiger partial charge < -0.3 is 4.42 Å². The van der Waals surface area contributed by atoms with E-state index in [2.05, 4.69) is 15.4 Å². The first-order valence-corrected chi connectivity index (χ1v) is 7.34. The van der Waals surface area contributed by atoms with E-state index in [1.165, 1.54) is 10.6 Å². The first-order chi connectivity index (χ1) is 11.6. The lowest BCUT2D eigenvalue weighted by Gasteiger charge is -2.01. The summed E-state index contributed by atoms with van der Waals surface area (Å²) in [7, 11) is 0. The van der Waals surface area contributed by atoms with Crippen LogP contribution >= 0.6 is 11.6 Å². The molecular weight excluding hydrogens is 332 g/mol. The molecule has 0 saturated carbocycles. The van der Waals surface area contributed by atoms with E-state index in [0.29, 0.717) is 21.4 Å². The number of hydrogen-bond acceptors (Lipinski definition) is 5. The minimum absolute atomic E-state index is 0.0816. The van der Waals surface area contributed by atoms with Gasteiger partial charge in [0.05, 0.1) is 10.4 Å². The van der Waals surface area contributed by atoms with E-state index in [9.17, 15) is 9.59 Å². The van der Waals surface area contributed by atoms with Gasteiger partial charge in [0.2, 0.25) is 5.95 Å². The Bertz CT molecular complexity index is 1150. The van der Waals surface area contributed by atoms with Crippen LogP contribution < -0.4 is 10.9 Å². The Morgan fingerprint density at radius 3 is 2.92 bits per heavy atom. The number of rotatable bonds is 2. The summed E-state index contributed by atoms with van der Waals surface area (Å²) < 4.78 is 6.51. The van der Waals surface area contributed by atoms with Crippen molar-refractivity contribution < 1.29 is 9.21 Å². The summed E-state index contributed by atoms with van der Waals surface area (Å²) in [5.41, 5.74) is -0.0531. The van der Waals surface area contributed by atoms with Gasteiger partial charge in [0.15, 0.2) is 11.4 Å². The van der Waals surface area contributed by atoms with Crippen LogP contribution in [0.3, 0.4) is 0 Å². The highest BCUT2D eigenvalue weighted by Crippen LogP contribution is 2.14. The fraction of sp³-hybridized carbons (Fsp3) is 0. The van der Waals surface area contributed by atoms with E-state index >= 15 is 0 Å². The summed E-state index contributed by atoms with van der Waals surface area (Å²) in [4.78, 5) is 28.4. The molecule has 0 aliphatic heterocycles. The highest BCUT2D eigenvalue weighted by Gasteiger charge is 2.14. The van der Waals surface area contributed by atoms with Crippen LogP contribution in [0.1, 0.15) is 10.6 Å². The third-order valence-corrected chi connectivity index (χ3v) is 3.64. The maximum Gasteiger partial charge on any atom is 0.344 e. The molecular formula is C16H9ClN4O3. The van der Waals surface area contributed by atoms with Crippen LogP contribution in [0.5, 0.6) is 0 Å². The molecule has 1 amide bonds. The summed E-state index contributed by atoms with van der Waals surface area (Å²) in [6.07, 6.45) is 1.57. The van der Waals surface area contributed by atoms with E-state index in [1.54, 1.807) is 42.6 Å². The molecule has 1 aromatic carbocycles. The molecule has 3 heterocycles. The number of anilines is 1. The second kappa shape index (κ2) is 5.47. The SMILES string of the molecule is O=C(Nc1nc2ccc(Cl)cn2n1)c1cc2ccccc2c(=O)o1. The minimum Gasteiger partial charge on any atom is -0.417 e. The second-order valence-electron chi connectivity index (χ2n) is 5.02. The van der Waals surface area contributed by atoms with Gasteiger partial charge in [-0.15, -0.1) is 5.10 Å². The van der Waals surface area contributed by atoms with Gasteiger partial charge >= 0.3 is 5.63 Å². The molecule has 4 rings (SSSR count). The largest absolute Gasteiger partial charge is 0.417 e. The minimum atomic E-state index is -0.611. The summed E-state index contributed by atoms with van der Waals surface area (Å²) in [6.45, 7) is 0. The predicted molar refractivity (Wildman–Crippen MR) is 88.4 cm³/mol. The molecule has 3 aromatic heterocycles. The molecule has 0 atom stereocenters. The van der Waals surface area contributed by atoms with E-state index in [1.807, 2.05) is 0 Å². The van der Waals surface area contributed by atoms with Gasteiger partial charge in [-0.05, 0) is 29.7 Å². The Kier molecular flexibility index (Phi) is 3.28. The first kappa shape index (κ1) is 14.4. The molecule has 118 valence electrons. The highest BCUT2D eigenvalue weighted by molar-refractivity contribution is 6.30. The van der Waals surface area contributed by atoms with Gasteiger partial charge in [-0.2, -0.15) is 4.98 Å². The van der Waals surface area contributed by atoms with Crippen LogP contribution in [0, 0.1) is 0 Å². The Labute approximate surface area is 139 Å². The van der Waals surface area contributed by atoms with Gasteiger partial charge in [-0.3, -0.25) is 10.1 Å². The Balaban J connectivity index is 1.69. The molecule has 0 unspecified atom stereocenters. The average molecular weight is 341 g/mol. The zero-order chi connectivity index (χ0) is 16.7. The number of halogens is 1. The van der Waals surface area contributed by atoms with Crippen molar-refractivity contribution in [2.24, 2.45) is 0 Å². The normalized spacial score (nSPS) is 11.0. The van der Waals surface area contributed by atoms with Crippen molar-refractivity contribution >= 4 is 39.9 Å². The maximum absolute atomic E-state index is 12.3. The molecule has 7 nitrogen and oxygen atoms in total. The lowest BCUT2D eigenvalue weighted by Crippen LogP contribution is -2.15. The van der Waals surface area contributed by atoms with E-state index in [0.717, 1.165) is 0 Å². The lowest BCUT2D eigenvalue weighted by molar-refractivity contribution is 0.0992. The molecule has 0 spiro atoms.